The van der Waals surface area contributed by atoms with Crippen LogP contribution in [-0.4, -0.2) is 29.1 Å². The van der Waals surface area contributed by atoms with Gasteiger partial charge in [-0.3, -0.25) is 4.79 Å². The van der Waals surface area contributed by atoms with Gasteiger partial charge in [0.2, 0.25) is 0 Å². The SMILES string of the molecule is CCOc1ccc2c(c1)sc(=NC(=O)c1ccccc1Oc1ccccc1)n2CCSC. The number of nitrogens with zero attached hydrogens (tertiary/aromatic N) is 2. The zero-order valence-corrected chi connectivity index (χ0v) is 19.6. The third-order valence-corrected chi connectivity index (χ3v) is 6.40. The number of para-hydroxylation sites is 2. The van der Waals surface area contributed by atoms with Crippen LogP contribution in [-0.2, 0) is 6.54 Å². The van der Waals surface area contributed by atoms with Crippen LogP contribution < -0.4 is 14.3 Å². The summed E-state index contributed by atoms with van der Waals surface area (Å²) < 4.78 is 14.7. The Balaban J connectivity index is 1.74. The quantitative estimate of drug-likeness (QED) is 0.321. The molecule has 0 aliphatic rings. The van der Waals surface area contributed by atoms with Gasteiger partial charge in [-0.25, -0.2) is 0 Å². The zero-order valence-electron chi connectivity index (χ0n) is 18.0. The monoisotopic (exact) mass is 464 g/mol. The van der Waals surface area contributed by atoms with E-state index >= 15 is 0 Å². The molecule has 0 radical (unpaired) electrons. The van der Waals surface area contributed by atoms with Gasteiger partial charge in [0.1, 0.15) is 17.2 Å². The summed E-state index contributed by atoms with van der Waals surface area (Å²) in [6, 6.07) is 22.6. The summed E-state index contributed by atoms with van der Waals surface area (Å²) in [5.74, 6) is 2.58. The van der Waals surface area contributed by atoms with Crippen molar-refractivity contribution in [3.05, 3.63) is 83.2 Å². The molecule has 32 heavy (non-hydrogen) atoms. The molecule has 7 heteroatoms. The van der Waals surface area contributed by atoms with E-state index in [0.717, 1.165) is 28.3 Å². The number of aromatic nitrogens is 1. The van der Waals surface area contributed by atoms with Crippen LogP contribution in [0.15, 0.2) is 77.8 Å². The van der Waals surface area contributed by atoms with Gasteiger partial charge in [-0.05, 0) is 55.6 Å². The van der Waals surface area contributed by atoms with Crippen LogP contribution in [0.3, 0.4) is 0 Å². The first-order chi connectivity index (χ1) is 15.7. The van der Waals surface area contributed by atoms with Crippen molar-refractivity contribution < 1.29 is 14.3 Å². The summed E-state index contributed by atoms with van der Waals surface area (Å²) in [7, 11) is 0. The first-order valence-electron chi connectivity index (χ1n) is 10.4. The fraction of sp³-hybridized carbons (Fsp3) is 0.200. The van der Waals surface area contributed by atoms with Gasteiger partial charge >= 0.3 is 0 Å². The fourth-order valence-electron chi connectivity index (χ4n) is 3.29. The predicted octanol–water partition coefficient (Wildman–Crippen LogP) is 6.00. The highest BCUT2D eigenvalue weighted by atomic mass is 32.2. The minimum atomic E-state index is -0.328. The number of carbonyl (C=O) groups is 1. The first kappa shape index (κ1) is 22.2. The summed E-state index contributed by atoms with van der Waals surface area (Å²) in [6.07, 6.45) is 2.07. The van der Waals surface area contributed by atoms with E-state index in [-0.39, 0.29) is 5.91 Å². The Kier molecular flexibility index (Phi) is 7.29. The van der Waals surface area contributed by atoms with Gasteiger partial charge in [0, 0.05) is 12.3 Å². The van der Waals surface area contributed by atoms with Crippen LogP contribution in [0.2, 0.25) is 0 Å². The number of thiazole rings is 1. The maximum absolute atomic E-state index is 13.2. The lowest BCUT2D eigenvalue weighted by Crippen LogP contribution is -2.18. The van der Waals surface area contributed by atoms with Crippen molar-refractivity contribution in [1.29, 1.82) is 0 Å². The Morgan fingerprint density at radius 1 is 1.03 bits per heavy atom. The minimum Gasteiger partial charge on any atom is -0.494 e. The molecule has 0 fully saturated rings. The van der Waals surface area contributed by atoms with Gasteiger partial charge in [0.05, 0.1) is 22.4 Å². The minimum absolute atomic E-state index is 0.328. The molecule has 3 aromatic carbocycles. The molecule has 1 heterocycles. The highest BCUT2D eigenvalue weighted by Gasteiger charge is 2.14. The molecule has 0 unspecified atom stereocenters. The summed E-state index contributed by atoms with van der Waals surface area (Å²) in [6.45, 7) is 3.34. The van der Waals surface area contributed by atoms with Crippen molar-refractivity contribution in [3.63, 3.8) is 0 Å². The summed E-state index contributed by atoms with van der Waals surface area (Å²) in [4.78, 5) is 18.4. The number of benzene rings is 3. The lowest BCUT2D eigenvalue weighted by molar-refractivity contribution is 0.0995. The van der Waals surface area contributed by atoms with Gasteiger partial charge in [-0.2, -0.15) is 16.8 Å². The van der Waals surface area contributed by atoms with Crippen LogP contribution in [0.5, 0.6) is 17.2 Å². The molecule has 5 nitrogen and oxygen atoms in total. The second-order valence-electron chi connectivity index (χ2n) is 6.92. The maximum Gasteiger partial charge on any atom is 0.283 e. The van der Waals surface area contributed by atoms with E-state index in [0.29, 0.717) is 28.5 Å². The van der Waals surface area contributed by atoms with Crippen LogP contribution in [0.1, 0.15) is 17.3 Å². The average molecular weight is 465 g/mol. The zero-order chi connectivity index (χ0) is 22.3. The molecular weight excluding hydrogens is 440 g/mol. The molecule has 0 atom stereocenters. The molecule has 0 spiro atoms. The van der Waals surface area contributed by atoms with Crippen LogP contribution in [0.25, 0.3) is 10.2 Å². The van der Waals surface area contributed by atoms with Crippen LogP contribution in [0.4, 0.5) is 0 Å². The lowest BCUT2D eigenvalue weighted by atomic mass is 10.2. The Bertz CT molecular complexity index is 1280. The number of rotatable bonds is 8. The van der Waals surface area contributed by atoms with Crippen molar-refractivity contribution in [2.75, 3.05) is 18.6 Å². The standard InChI is InChI=1S/C25H24N2O3S2/c1-3-29-19-13-14-21-23(17-19)32-25(27(21)15-16-31-2)26-24(28)20-11-7-8-12-22(20)30-18-9-5-4-6-10-18/h4-14,17H,3,15-16H2,1-2H3. The molecule has 0 saturated heterocycles. The van der Waals surface area contributed by atoms with Crippen molar-refractivity contribution >= 4 is 39.2 Å². The van der Waals surface area contributed by atoms with Gasteiger partial charge < -0.3 is 14.0 Å². The number of aryl methyl sites for hydroxylation is 1. The molecule has 4 rings (SSSR count). The largest absolute Gasteiger partial charge is 0.494 e. The number of fused-ring (bicyclic) bond motifs is 1. The van der Waals surface area contributed by atoms with E-state index < -0.39 is 0 Å². The topological polar surface area (TPSA) is 52.8 Å². The number of amides is 1. The van der Waals surface area contributed by atoms with Crippen molar-refractivity contribution in [3.8, 4) is 17.2 Å². The molecule has 0 aliphatic heterocycles. The van der Waals surface area contributed by atoms with E-state index in [9.17, 15) is 4.79 Å². The Hall–Kier alpha value is -3.03. The van der Waals surface area contributed by atoms with Gasteiger partial charge in [-0.15, -0.1) is 0 Å². The van der Waals surface area contributed by atoms with Crippen LogP contribution in [0, 0.1) is 0 Å². The first-order valence-corrected chi connectivity index (χ1v) is 12.6. The fourth-order valence-corrected chi connectivity index (χ4v) is 4.74. The number of carbonyl (C=O) groups excluding carboxylic acids is 1. The van der Waals surface area contributed by atoms with E-state index in [1.54, 1.807) is 23.9 Å². The number of thioether (sulfide) groups is 1. The molecule has 0 saturated carbocycles. The molecule has 164 valence electrons. The third kappa shape index (κ3) is 5.06. The molecule has 0 bridgehead atoms. The second kappa shape index (κ2) is 10.5. The van der Waals surface area contributed by atoms with Crippen molar-refractivity contribution in [1.82, 2.24) is 4.57 Å². The summed E-state index contributed by atoms with van der Waals surface area (Å²) in [5.41, 5.74) is 1.48. The smallest absolute Gasteiger partial charge is 0.283 e. The second-order valence-corrected chi connectivity index (χ2v) is 8.91. The molecule has 0 aliphatic carbocycles. The normalized spacial score (nSPS) is 11.6. The van der Waals surface area contributed by atoms with E-state index in [1.807, 2.05) is 67.6 Å². The Morgan fingerprint density at radius 3 is 2.59 bits per heavy atom. The molecule has 4 aromatic rings. The van der Waals surface area contributed by atoms with Gasteiger partial charge in [0.25, 0.3) is 5.91 Å². The molecule has 1 amide bonds. The number of hydrogen-bond acceptors (Lipinski definition) is 5. The third-order valence-electron chi connectivity index (χ3n) is 4.77. The highest BCUT2D eigenvalue weighted by molar-refractivity contribution is 7.98. The Labute approximate surface area is 195 Å². The average Bonchev–Trinajstić information content (AvgIpc) is 3.15. The molecular formula is C25H24N2O3S2. The molecule has 0 N–H and O–H groups in total. The van der Waals surface area contributed by atoms with Crippen molar-refractivity contribution in [2.45, 2.75) is 13.5 Å². The van der Waals surface area contributed by atoms with Gasteiger partial charge in [0.15, 0.2) is 4.80 Å². The number of hydrogen-bond donors (Lipinski definition) is 0. The lowest BCUT2D eigenvalue weighted by Gasteiger charge is -2.09. The van der Waals surface area contributed by atoms with Gasteiger partial charge in [-0.1, -0.05) is 41.7 Å². The summed E-state index contributed by atoms with van der Waals surface area (Å²) in [5, 5.41) is 0. The number of ether oxygens (including phenoxy) is 2. The maximum atomic E-state index is 13.2. The van der Waals surface area contributed by atoms with E-state index in [2.05, 4.69) is 15.8 Å². The van der Waals surface area contributed by atoms with Crippen LogP contribution >= 0.6 is 23.1 Å². The van der Waals surface area contributed by atoms with E-state index in [1.165, 1.54) is 11.3 Å². The highest BCUT2D eigenvalue weighted by Crippen LogP contribution is 2.27. The summed E-state index contributed by atoms with van der Waals surface area (Å²) >= 11 is 3.25. The predicted molar refractivity (Wildman–Crippen MR) is 132 cm³/mol. The Morgan fingerprint density at radius 2 is 1.81 bits per heavy atom. The van der Waals surface area contributed by atoms with E-state index in [4.69, 9.17) is 9.47 Å². The molecule has 1 aromatic heterocycles. The van der Waals surface area contributed by atoms with Crippen molar-refractivity contribution in [2.24, 2.45) is 4.99 Å².